The lowest BCUT2D eigenvalue weighted by Gasteiger charge is -2.08. The van der Waals surface area contributed by atoms with Crippen molar-refractivity contribution in [2.75, 3.05) is 0 Å². The van der Waals surface area contributed by atoms with Gasteiger partial charge in [0.25, 0.3) is 5.22 Å². The van der Waals surface area contributed by atoms with Crippen LogP contribution < -0.4 is 0 Å². The molecule has 0 saturated heterocycles. The van der Waals surface area contributed by atoms with Gasteiger partial charge in [0.05, 0.1) is 6.10 Å². The summed E-state index contributed by atoms with van der Waals surface area (Å²) in [4.78, 5) is 5.32. The fourth-order valence-corrected chi connectivity index (χ4v) is 3.10. The molecule has 1 atom stereocenters. The summed E-state index contributed by atoms with van der Waals surface area (Å²) in [5, 5.41) is 10.7. The number of aliphatic hydroxyl groups excluding tert-OH is 1. The lowest BCUT2D eigenvalue weighted by atomic mass is 10.1. The quantitative estimate of drug-likeness (QED) is 0.763. The van der Waals surface area contributed by atoms with Crippen molar-refractivity contribution in [1.82, 2.24) is 4.98 Å². The van der Waals surface area contributed by atoms with E-state index in [4.69, 9.17) is 16.0 Å². The number of fused-ring (bicyclic) bond motifs is 1. The molecule has 5 heteroatoms. The highest BCUT2D eigenvalue weighted by Gasteiger charge is 2.10. The number of rotatable bonds is 3. The Kier molecular flexibility index (Phi) is 3.70. The maximum atomic E-state index is 9.56. The van der Waals surface area contributed by atoms with Gasteiger partial charge in [0.15, 0.2) is 5.58 Å². The van der Waals surface area contributed by atoms with E-state index in [2.05, 4.69) is 4.98 Å². The fourth-order valence-electron chi connectivity index (χ4n) is 1.91. The predicted molar refractivity (Wildman–Crippen MR) is 80.2 cm³/mol. The van der Waals surface area contributed by atoms with E-state index in [1.807, 2.05) is 42.5 Å². The Bertz CT molecular complexity index is 721. The van der Waals surface area contributed by atoms with Crippen LogP contribution in [0.15, 0.2) is 57.0 Å². The number of aliphatic hydroxyl groups is 1. The van der Waals surface area contributed by atoms with Gasteiger partial charge >= 0.3 is 0 Å². The molecule has 3 nitrogen and oxygen atoms in total. The molecule has 0 aliphatic carbocycles. The molecule has 0 bridgehead atoms. The molecular weight excluding hydrogens is 294 g/mol. The van der Waals surface area contributed by atoms with Gasteiger partial charge in [-0.2, -0.15) is 0 Å². The molecule has 0 aliphatic heterocycles. The van der Waals surface area contributed by atoms with Gasteiger partial charge in [0.1, 0.15) is 5.52 Å². The Labute approximate surface area is 125 Å². The standard InChI is InChI=1S/C15H12ClNO2S/c1-9(18)11-7-6-10(8-12(11)16)20-15-17-13-4-2-3-5-14(13)19-15/h2-9,18H,1H3. The molecule has 20 heavy (non-hydrogen) atoms. The molecule has 1 N–H and O–H groups in total. The smallest absolute Gasteiger partial charge is 0.261 e. The number of oxazole rings is 1. The Hall–Kier alpha value is -1.49. The van der Waals surface area contributed by atoms with Crippen LogP contribution in [0.3, 0.4) is 0 Å². The minimum Gasteiger partial charge on any atom is -0.431 e. The maximum absolute atomic E-state index is 9.56. The van der Waals surface area contributed by atoms with Crippen LogP contribution in [-0.2, 0) is 0 Å². The van der Waals surface area contributed by atoms with Gasteiger partial charge < -0.3 is 9.52 Å². The molecule has 1 heterocycles. The van der Waals surface area contributed by atoms with Crippen molar-refractivity contribution in [2.24, 2.45) is 0 Å². The summed E-state index contributed by atoms with van der Waals surface area (Å²) in [6.07, 6.45) is -0.578. The van der Waals surface area contributed by atoms with Crippen LogP contribution >= 0.6 is 23.4 Å². The van der Waals surface area contributed by atoms with Gasteiger partial charge in [-0.25, -0.2) is 4.98 Å². The number of nitrogens with zero attached hydrogens (tertiary/aromatic N) is 1. The molecule has 102 valence electrons. The van der Waals surface area contributed by atoms with E-state index in [-0.39, 0.29) is 0 Å². The monoisotopic (exact) mass is 305 g/mol. The van der Waals surface area contributed by atoms with E-state index in [1.165, 1.54) is 11.8 Å². The first-order valence-electron chi connectivity index (χ1n) is 6.14. The third-order valence-corrected chi connectivity index (χ3v) is 4.07. The molecule has 3 aromatic rings. The highest BCUT2D eigenvalue weighted by atomic mass is 35.5. The first kappa shape index (κ1) is 13.5. The van der Waals surface area contributed by atoms with Crippen LogP contribution in [0, 0.1) is 0 Å². The Morgan fingerprint density at radius 2 is 2.05 bits per heavy atom. The highest BCUT2D eigenvalue weighted by Crippen LogP contribution is 2.33. The van der Waals surface area contributed by atoms with E-state index in [9.17, 15) is 5.11 Å². The van der Waals surface area contributed by atoms with Crippen LogP contribution in [0.1, 0.15) is 18.6 Å². The van der Waals surface area contributed by atoms with Crippen LogP contribution in [0.4, 0.5) is 0 Å². The van der Waals surface area contributed by atoms with Gasteiger partial charge in [0, 0.05) is 9.92 Å². The summed E-state index contributed by atoms with van der Waals surface area (Å²) < 4.78 is 5.65. The second-order valence-electron chi connectivity index (χ2n) is 4.41. The summed E-state index contributed by atoms with van der Waals surface area (Å²) in [6.45, 7) is 1.69. The molecule has 3 rings (SSSR count). The molecule has 0 aliphatic rings. The molecule has 0 saturated carbocycles. The van der Waals surface area contributed by atoms with Crippen molar-refractivity contribution in [2.45, 2.75) is 23.1 Å². The average molecular weight is 306 g/mol. The van der Waals surface area contributed by atoms with E-state index in [0.29, 0.717) is 15.8 Å². The zero-order valence-electron chi connectivity index (χ0n) is 10.7. The lowest BCUT2D eigenvalue weighted by Crippen LogP contribution is -1.91. The second-order valence-corrected chi connectivity index (χ2v) is 5.84. The summed E-state index contributed by atoms with van der Waals surface area (Å²) in [7, 11) is 0. The number of aromatic nitrogens is 1. The molecule has 0 radical (unpaired) electrons. The normalized spacial score (nSPS) is 12.8. The fraction of sp³-hybridized carbons (Fsp3) is 0.133. The minimum atomic E-state index is -0.578. The van der Waals surface area contributed by atoms with Crippen molar-refractivity contribution in [3.63, 3.8) is 0 Å². The average Bonchev–Trinajstić information content (AvgIpc) is 2.80. The van der Waals surface area contributed by atoms with E-state index < -0.39 is 6.10 Å². The SMILES string of the molecule is CC(O)c1ccc(Sc2nc3ccccc3o2)cc1Cl. The Balaban J connectivity index is 1.89. The topological polar surface area (TPSA) is 46.3 Å². The van der Waals surface area contributed by atoms with Crippen molar-refractivity contribution >= 4 is 34.5 Å². The van der Waals surface area contributed by atoms with E-state index in [0.717, 1.165) is 16.0 Å². The first-order valence-corrected chi connectivity index (χ1v) is 7.34. The van der Waals surface area contributed by atoms with Gasteiger partial charge in [0.2, 0.25) is 0 Å². The van der Waals surface area contributed by atoms with Crippen LogP contribution in [0.25, 0.3) is 11.1 Å². The summed E-state index contributed by atoms with van der Waals surface area (Å²) in [5.74, 6) is 0. The first-order chi connectivity index (χ1) is 9.63. The molecule has 0 spiro atoms. The maximum Gasteiger partial charge on any atom is 0.261 e. The second kappa shape index (κ2) is 5.48. The molecule has 0 fully saturated rings. The molecule has 1 unspecified atom stereocenters. The van der Waals surface area contributed by atoms with Crippen molar-refractivity contribution in [3.05, 3.63) is 53.1 Å². The summed E-state index contributed by atoms with van der Waals surface area (Å²) >= 11 is 7.55. The van der Waals surface area contributed by atoms with E-state index in [1.54, 1.807) is 6.92 Å². The van der Waals surface area contributed by atoms with Crippen molar-refractivity contribution in [1.29, 1.82) is 0 Å². The van der Waals surface area contributed by atoms with Gasteiger partial charge in [-0.15, -0.1) is 0 Å². The number of hydrogen-bond acceptors (Lipinski definition) is 4. The van der Waals surface area contributed by atoms with Crippen LogP contribution in [0.2, 0.25) is 5.02 Å². The van der Waals surface area contributed by atoms with Crippen LogP contribution in [-0.4, -0.2) is 10.1 Å². The third kappa shape index (κ3) is 2.68. The molecule has 2 aromatic carbocycles. The summed E-state index contributed by atoms with van der Waals surface area (Å²) in [6, 6.07) is 13.2. The third-order valence-electron chi connectivity index (χ3n) is 2.90. The van der Waals surface area contributed by atoms with Gasteiger partial charge in [-0.05, 0) is 48.5 Å². The van der Waals surface area contributed by atoms with Crippen molar-refractivity contribution < 1.29 is 9.52 Å². The minimum absolute atomic E-state index is 0.543. The number of halogens is 1. The zero-order chi connectivity index (χ0) is 14.1. The summed E-state index contributed by atoms with van der Waals surface area (Å²) in [5.41, 5.74) is 2.32. The Morgan fingerprint density at radius 3 is 2.75 bits per heavy atom. The van der Waals surface area contributed by atoms with E-state index >= 15 is 0 Å². The number of hydrogen-bond donors (Lipinski definition) is 1. The number of para-hydroxylation sites is 2. The predicted octanol–water partition coefficient (Wildman–Crippen LogP) is 4.69. The Morgan fingerprint density at radius 1 is 1.25 bits per heavy atom. The van der Waals surface area contributed by atoms with Gasteiger partial charge in [-0.3, -0.25) is 0 Å². The van der Waals surface area contributed by atoms with Crippen molar-refractivity contribution in [3.8, 4) is 0 Å². The lowest BCUT2D eigenvalue weighted by molar-refractivity contribution is 0.199. The number of benzene rings is 2. The molecule has 0 amide bonds. The molecule has 1 aromatic heterocycles. The highest BCUT2D eigenvalue weighted by molar-refractivity contribution is 7.99. The molecular formula is C15H12ClNO2S. The zero-order valence-corrected chi connectivity index (χ0v) is 12.3. The van der Waals surface area contributed by atoms with Gasteiger partial charge in [-0.1, -0.05) is 29.8 Å². The largest absolute Gasteiger partial charge is 0.431 e. The van der Waals surface area contributed by atoms with Crippen LogP contribution in [0.5, 0.6) is 0 Å².